The van der Waals surface area contributed by atoms with E-state index in [4.69, 9.17) is 16.3 Å². The fraction of sp³-hybridized carbons (Fsp3) is 0.207. The van der Waals surface area contributed by atoms with Crippen molar-refractivity contribution >= 4 is 23.2 Å². The Morgan fingerprint density at radius 3 is 2.26 bits per heavy atom. The second kappa shape index (κ2) is 9.88. The van der Waals surface area contributed by atoms with Gasteiger partial charge < -0.3 is 19.1 Å². The van der Waals surface area contributed by atoms with Crippen molar-refractivity contribution in [3.8, 4) is 22.7 Å². The Morgan fingerprint density at radius 2 is 1.54 bits per heavy atom. The third-order valence-corrected chi connectivity index (χ3v) is 6.83. The molecule has 0 radical (unpaired) electrons. The van der Waals surface area contributed by atoms with E-state index in [9.17, 15) is 4.79 Å². The number of rotatable bonds is 5. The summed E-state index contributed by atoms with van der Waals surface area (Å²) < 4.78 is 7.61. The van der Waals surface area contributed by atoms with Crippen molar-refractivity contribution < 1.29 is 9.53 Å². The van der Waals surface area contributed by atoms with Gasteiger partial charge >= 0.3 is 0 Å². The van der Waals surface area contributed by atoms with Gasteiger partial charge in [0.25, 0.3) is 5.91 Å². The third kappa shape index (κ3) is 4.64. The summed E-state index contributed by atoms with van der Waals surface area (Å²) in [6.45, 7) is 4.88. The normalized spacial score (nSPS) is 13.7. The summed E-state index contributed by atoms with van der Waals surface area (Å²) in [6, 6.07) is 28.0. The number of hydrogen-bond donors (Lipinski definition) is 0. The van der Waals surface area contributed by atoms with Crippen LogP contribution in [0.25, 0.3) is 16.9 Å². The van der Waals surface area contributed by atoms with E-state index in [1.165, 1.54) is 0 Å². The SMILES string of the molecule is COc1cccc(-n2c(-c3ccccc3)cc(C(=O)N3CCN(c4cccc(Cl)c4)CC3)c2C)c1. The number of hydrogen-bond acceptors (Lipinski definition) is 3. The number of amides is 1. The van der Waals surface area contributed by atoms with Crippen LogP contribution in [0.15, 0.2) is 84.9 Å². The molecule has 6 heteroatoms. The lowest BCUT2D eigenvalue weighted by Crippen LogP contribution is -2.48. The second-order valence-corrected chi connectivity index (χ2v) is 9.13. The molecule has 0 aliphatic carbocycles. The predicted molar refractivity (Wildman–Crippen MR) is 142 cm³/mol. The zero-order valence-electron chi connectivity index (χ0n) is 19.9. The van der Waals surface area contributed by atoms with Crippen LogP contribution < -0.4 is 9.64 Å². The minimum absolute atomic E-state index is 0.0621. The molecule has 5 nitrogen and oxygen atoms in total. The summed E-state index contributed by atoms with van der Waals surface area (Å²) >= 11 is 6.18. The molecule has 1 aromatic heterocycles. The summed E-state index contributed by atoms with van der Waals surface area (Å²) in [5, 5.41) is 0.726. The molecule has 1 fully saturated rings. The molecule has 0 unspecified atom stereocenters. The smallest absolute Gasteiger partial charge is 0.255 e. The van der Waals surface area contributed by atoms with E-state index in [0.29, 0.717) is 13.1 Å². The third-order valence-electron chi connectivity index (χ3n) is 6.60. The maximum Gasteiger partial charge on any atom is 0.255 e. The number of carbonyl (C=O) groups excluding carboxylic acids is 1. The van der Waals surface area contributed by atoms with E-state index in [1.54, 1.807) is 7.11 Å². The van der Waals surface area contributed by atoms with Crippen LogP contribution in [0.5, 0.6) is 5.75 Å². The highest BCUT2D eigenvalue weighted by atomic mass is 35.5. The number of aromatic nitrogens is 1. The molecule has 178 valence electrons. The maximum atomic E-state index is 13.7. The first-order valence-corrected chi connectivity index (χ1v) is 12.1. The summed E-state index contributed by atoms with van der Waals surface area (Å²) in [5.74, 6) is 0.840. The van der Waals surface area contributed by atoms with Crippen LogP contribution in [0, 0.1) is 6.92 Å². The summed E-state index contributed by atoms with van der Waals surface area (Å²) in [4.78, 5) is 17.9. The van der Waals surface area contributed by atoms with Gasteiger partial charge in [-0.3, -0.25) is 4.79 Å². The zero-order valence-corrected chi connectivity index (χ0v) is 20.7. The van der Waals surface area contributed by atoms with Gasteiger partial charge in [0.15, 0.2) is 0 Å². The van der Waals surface area contributed by atoms with Crippen molar-refractivity contribution in [1.82, 2.24) is 9.47 Å². The molecule has 1 amide bonds. The van der Waals surface area contributed by atoms with Crippen LogP contribution in [-0.4, -0.2) is 48.7 Å². The molecule has 0 spiro atoms. The number of piperazine rings is 1. The lowest BCUT2D eigenvalue weighted by molar-refractivity contribution is 0.0746. The van der Waals surface area contributed by atoms with E-state index in [2.05, 4.69) is 27.7 Å². The molecule has 0 saturated carbocycles. The van der Waals surface area contributed by atoms with Gasteiger partial charge in [0.05, 0.1) is 18.4 Å². The van der Waals surface area contributed by atoms with E-state index < -0.39 is 0 Å². The molecule has 1 saturated heterocycles. The molecule has 5 rings (SSSR count). The molecule has 35 heavy (non-hydrogen) atoms. The maximum absolute atomic E-state index is 13.7. The van der Waals surface area contributed by atoms with E-state index in [0.717, 1.165) is 57.8 Å². The molecular weight excluding hydrogens is 458 g/mol. The predicted octanol–water partition coefficient (Wildman–Crippen LogP) is 6.08. The number of anilines is 1. The molecule has 0 bridgehead atoms. The Morgan fingerprint density at radius 1 is 0.829 bits per heavy atom. The molecule has 0 N–H and O–H groups in total. The van der Waals surface area contributed by atoms with Crippen LogP contribution in [0.1, 0.15) is 16.1 Å². The first-order chi connectivity index (χ1) is 17.0. The monoisotopic (exact) mass is 485 g/mol. The number of ether oxygens (including phenoxy) is 1. The van der Waals surface area contributed by atoms with E-state index >= 15 is 0 Å². The molecular formula is C29H28ClN3O2. The Labute approximate surface area is 211 Å². The van der Waals surface area contributed by atoms with Crippen molar-refractivity contribution in [2.45, 2.75) is 6.92 Å². The summed E-state index contributed by atoms with van der Waals surface area (Å²) in [5.41, 5.74) is 5.74. The van der Waals surface area contributed by atoms with Crippen LogP contribution >= 0.6 is 11.6 Å². The Bertz CT molecular complexity index is 1340. The van der Waals surface area contributed by atoms with Gasteiger partial charge in [-0.25, -0.2) is 0 Å². The zero-order chi connectivity index (χ0) is 24.4. The van der Waals surface area contributed by atoms with Gasteiger partial charge in [-0.15, -0.1) is 0 Å². The Hall–Kier alpha value is -3.70. The van der Waals surface area contributed by atoms with Crippen LogP contribution in [0.4, 0.5) is 5.69 Å². The van der Waals surface area contributed by atoms with Crippen molar-refractivity contribution in [2.24, 2.45) is 0 Å². The average Bonchev–Trinajstić information content (AvgIpc) is 3.26. The number of carbonyl (C=O) groups is 1. The van der Waals surface area contributed by atoms with Crippen molar-refractivity contribution in [1.29, 1.82) is 0 Å². The number of halogens is 1. The Balaban J connectivity index is 1.46. The van der Waals surface area contributed by atoms with Crippen LogP contribution in [0.3, 0.4) is 0 Å². The number of nitrogens with zero attached hydrogens (tertiary/aromatic N) is 3. The number of benzene rings is 3. The molecule has 2 heterocycles. The molecule has 0 atom stereocenters. The van der Waals surface area contributed by atoms with Gasteiger partial charge in [0.2, 0.25) is 0 Å². The summed E-state index contributed by atoms with van der Waals surface area (Å²) in [6.07, 6.45) is 0. The highest BCUT2D eigenvalue weighted by molar-refractivity contribution is 6.30. The fourth-order valence-corrected chi connectivity index (χ4v) is 4.92. The van der Waals surface area contributed by atoms with Gasteiger partial charge in [-0.2, -0.15) is 0 Å². The van der Waals surface area contributed by atoms with Gasteiger partial charge in [-0.1, -0.05) is 54.1 Å². The molecule has 3 aromatic carbocycles. The van der Waals surface area contributed by atoms with Crippen molar-refractivity contribution in [3.05, 3.63) is 101 Å². The lowest BCUT2D eigenvalue weighted by Gasteiger charge is -2.36. The largest absolute Gasteiger partial charge is 0.497 e. The molecule has 1 aliphatic heterocycles. The van der Waals surface area contributed by atoms with E-state index in [-0.39, 0.29) is 5.91 Å². The number of methoxy groups -OCH3 is 1. The minimum Gasteiger partial charge on any atom is -0.497 e. The molecule has 1 aliphatic rings. The topological polar surface area (TPSA) is 37.7 Å². The highest BCUT2D eigenvalue weighted by Crippen LogP contribution is 2.32. The Kier molecular flexibility index (Phi) is 6.51. The first kappa shape index (κ1) is 23.1. The van der Waals surface area contributed by atoms with E-state index in [1.807, 2.05) is 78.6 Å². The van der Waals surface area contributed by atoms with Gasteiger partial charge in [0, 0.05) is 54.3 Å². The quantitative estimate of drug-likeness (QED) is 0.344. The molecule has 4 aromatic rings. The van der Waals surface area contributed by atoms with Crippen molar-refractivity contribution in [3.63, 3.8) is 0 Å². The fourth-order valence-electron chi connectivity index (χ4n) is 4.74. The van der Waals surface area contributed by atoms with Gasteiger partial charge in [-0.05, 0) is 48.9 Å². The summed E-state index contributed by atoms with van der Waals surface area (Å²) in [7, 11) is 1.66. The average molecular weight is 486 g/mol. The van der Waals surface area contributed by atoms with Crippen molar-refractivity contribution in [2.75, 3.05) is 38.2 Å². The van der Waals surface area contributed by atoms with Crippen LogP contribution in [0.2, 0.25) is 5.02 Å². The second-order valence-electron chi connectivity index (χ2n) is 8.69. The highest BCUT2D eigenvalue weighted by Gasteiger charge is 2.27. The standard InChI is InChI=1S/C29H28ClN3O2/c1-21-27(29(34)32-16-14-31(15-17-32)24-11-6-10-23(30)18-24)20-28(22-8-4-3-5-9-22)33(21)25-12-7-13-26(19-25)35-2/h3-13,18-20H,14-17H2,1-2H3. The lowest BCUT2D eigenvalue weighted by atomic mass is 10.1. The van der Waals surface area contributed by atoms with Gasteiger partial charge in [0.1, 0.15) is 5.75 Å². The first-order valence-electron chi connectivity index (χ1n) is 11.8. The minimum atomic E-state index is 0.0621. The van der Waals surface area contributed by atoms with Crippen LogP contribution in [-0.2, 0) is 0 Å².